The molecule has 2 aromatic rings. The van der Waals surface area contributed by atoms with Gasteiger partial charge in [0.05, 0.1) is 6.04 Å². The fourth-order valence-electron chi connectivity index (χ4n) is 2.70. The summed E-state index contributed by atoms with van der Waals surface area (Å²) in [5, 5.41) is 6.25. The minimum Gasteiger partial charge on any atom is -0.398 e. The smallest absolute Gasteiger partial charge is 0.0717 e. The predicted octanol–water partition coefficient (Wildman–Crippen LogP) is 2.98. The van der Waals surface area contributed by atoms with E-state index in [1.54, 1.807) is 11.3 Å². The van der Waals surface area contributed by atoms with Gasteiger partial charge in [-0.25, -0.2) is 0 Å². The number of anilines is 1. The second-order valence-corrected chi connectivity index (χ2v) is 6.39. The van der Waals surface area contributed by atoms with E-state index < -0.39 is 0 Å². The molecule has 3 nitrogen and oxygen atoms in total. The lowest BCUT2D eigenvalue weighted by Crippen LogP contribution is -2.45. The number of hydrogen-bond donors (Lipinski definition) is 2. The van der Waals surface area contributed by atoms with E-state index in [0.717, 1.165) is 42.5 Å². The van der Waals surface area contributed by atoms with Crippen LogP contribution in [0.2, 0.25) is 5.02 Å². The first kappa shape index (κ1) is 13.9. The van der Waals surface area contributed by atoms with Crippen LogP contribution in [0.1, 0.15) is 16.5 Å². The fourth-order valence-corrected chi connectivity index (χ4v) is 3.76. The maximum atomic E-state index is 6.21. The third kappa shape index (κ3) is 2.83. The molecule has 1 aromatic carbocycles. The molecule has 1 atom stereocenters. The number of rotatable bonds is 3. The summed E-state index contributed by atoms with van der Waals surface area (Å²) in [6.45, 7) is 4.08. The van der Waals surface area contributed by atoms with E-state index in [0.29, 0.717) is 0 Å². The molecular formula is C15H18ClN3S. The SMILES string of the molecule is Nc1ccc(Cl)cc1[C@@H](c1cccs1)N1CCNCC1. The van der Waals surface area contributed by atoms with Crippen LogP contribution in [0.4, 0.5) is 5.69 Å². The highest BCUT2D eigenvalue weighted by molar-refractivity contribution is 7.10. The van der Waals surface area contributed by atoms with Gasteiger partial charge in [-0.2, -0.15) is 0 Å². The Kier molecular flexibility index (Phi) is 4.27. The van der Waals surface area contributed by atoms with Gasteiger partial charge in [0.1, 0.15) is 0 Å². The number of halogens is 1. The van der Waals surface area contributed by atoms with Crippen molar-refractivity contribution in [1.29, 1.82) is 0 Å². The number of piperazine rings is 1. The predicted molar refractivity (Wildman–Crippen MR) is 86.5 cm³/mol. The molecule has 5 heteroatoms. The molecule has 0 radical (unpaired) electrons. The van der Waals surface area contributed by atoms with Gasteiger partial charge in [0, 0.05) is 41.8 Å². The summed E-state index contributed by atoms with van der Waals surface area (Å²) in [4.78, 5) is 3.80. The Balaban J connectivity index is 2.02. The molecule has 1 aromatic heterocycles. The summed E-state index contributed by atoms with van der Waals surface area (Å²) in [5.74, 6) is 0. The van der Waals surface area contributed by atoms with Crippen LogP contribution in [0.5, 0.6) is 0 Å². The molecule has 3 rings (SSSR count). The first-order valence-electron chi connectivity index (χ1n) is 6.79. The molecule has 106 valence electrons. The second kappa shape index (κ2) is 6.14. The van der Waals surface area contributed by atoms with Gasteiger partial charge in [-0.05, 0) is 35.2 Å². The van der Waals surface area contributed by atoms with Crippen molar-refractivity contribution in [1.82, 2.24) is 10.2 Å². The van der Waals surface area contributed by atoms with E-state index >= 15 is 0 Å². The molecule has 1 saturated heterocycles. The zero-order valence-electron chi connectivity index (χ0n) is 11.2. The van der Waals surface area contributed by atoms with Gasteiger partial charge in [0.2, 0.25) is 0 Å². The van der Waals surface area contributed by atoms with Crippen molar-refractivity contribution < 1.29 is 0 Å². The molecule has 0 saturated carbocycles. The minimum atomic E-state index is 0.204. The zero-order chi connectivity index (χ0) is 13.9. The van der Waals surface area contributed by atoms with E-state index in [-0.39, 0.29) is 6.04 Å². The number of nitrogen functional groups attached to an aromatic ring is 1. The van der Waals surface area contributed by atoms with Crippen molar-refractivity contribution in [2.45, 2.75) is 6.04 Å². The molecule has 0 amide bonds. The van der Waals surface area contributed by atoms with Gasteiger partial charge in [-0.3, -0.25) is 4.90 Å². The summed E-state index contributed by atoms with van der Waals surface area (Å²) < 4.78 is 0. The summed E-state index contributed by atoms with van der Waals surface area (Å²) in [6, 6.07) is 10.2. The zero-order valence-corrected chi connectivity index (χ0v) is 12.8. The van der Waals surface area contributed by atoms with Gasteiger partial charge >= 0.3 is 0 Å². The van der Waals surface area contributed by atoms with Crippen molar-refractivity contribution in [2.24, 2.45) is 0 Å². The van der Waals surface area contributed by atoms with E-state index in [4.69, 9.17) is 17.3 Å². The van der Waals surface area contributed by atoms with Crippen molar-refractivity contribution in [3.63, 3.8) is 0 Å². The lowest BCUT2D eigenvalue weighted by molar-refractivity contribution is 0.201. The normalized spacial score (nSPS) is 18.1. The Labute approximate surface area is 128 Å². The monoisotopic (exact) mass is 307 g/mol. The molecular weight excluding hydrogens is 290 g/mol. The number of nitrogens with zero attached hydrogens (tertiary/aromatic N) is 1. The Bertz CT molecular complexity index is 565. The topological polar surface area (TPSA) is 41.3 Å². The van der Waals surface area contributed by atoms with Crippen molar-refractivity contribution in [3.05, 3.63) is 51.2 Å². The largest absolute Gasteiger partial charge is 0.398 e. The first-order chi connectivity index (χ1) is 9.75. The van der Waals surface area contributed by atoms with Crippen LogP contribution >= 0.6 is 22.9 Å². The highest BCUT2D eigenvalue weighted by Crippen LogP contribution is 2.36. The van der Waals surface area contributed by atoms with E-state index in [1.165, 1.54) is 4.88 Å². The Hall–Kier alpha value is -1.07. The van der Waals surface area contributed by atoms with Gasteiger partial charge in [0.15, 0.2) is 0 Å². The molecule has 1 aliphatic heterocycles. The van der Waals surface area contributed by atoms with Crippen LogP contribution in [-0.2, 0) is 0 Å². The van der Waals surface area contributed by atoms with Crippen molar-refractivity contribution in [3.8, 4) is 0 Å². The van der Waals surface area contributed by atoms with E-state index in [2.05, 4.69) is 27.7 Å². The molecule has 0 unspecified atom stereocenters. The van der Waals surface area contributed by atoms with Crippen molar-refractivity contribution >= 4 is 28.6 Å². The lowest BCUT2D eigenvalue weighted by atomic mass is 10.0. The molecule has 2 heterocycles. The average molecular weight is 308 g/mol. The highest BCUT2D eigenvalue weighted by atomic mass is 35.5. The fraction of sp³-hybridized carbons (Fsp3) is 0.333. The Morgan fingerprint density at radius 2 is 2.05 bits per heavy atom. The van der Waals surface area contributed by atoms with Crippen LogP contribution in [0.3, 0.4) is 0 Å². The molecule has 0 spiro atoms. The number of benzene rings is 1. The minimum absolute atomic E-state index is 0.204. The standard InChI is InChI=1S/C15H18ClN3S/c16-11-3-4-13(17)12(10-11)15(14-2-1-9-20-14)19-7-5-18-6-8-19/h1-4,9-10,15,18H,5-8,17H2/t15-/m0/s1. The number of hydrogen-bond acceptors (Lipinski definition) is 4. The summed E-state index contributed by atoms with van der Waals surface area (Å²) >= 11 is 7.95. The van der Waals surface area contributed by atoms with Gasteiger partial charge in [0.25, 0.3) is 0 Å². The number of nitrogens with one attached hydrogen (secondary N) is 1. The summed E-state index contributed by atoms with van der Waals surface area (Å²) in [7, 11) is 0. The summed E-state index contributed by atoms with van der Waals surface area (Å²) in [5.41, 5.74) is 8.13. The maximum absolute atomic E-state index is 6.21. The van der Waals surface area contributed by atoms with E-state index in [1.807, 2.05) is 18.2 Å². The second-order valence-electron chi connectivity index (χ2n) is 4.98. The summed E-state index contributed by atoms with van der Waals surface area (Å²) in [6.07, 6.45) is 0. The van der Waals surface area contributed by atoms with Crippen LogP contribution in [0.15, 0.2) is 35.7 Å². The molecule has 0 aliphatic carbocycles. The van der Waals surface area contributed by atoms with Crippen molar-refractivity contribution in [2.75, 3.05) is 31.9 Å². The van der Waals surface area contributed by atoms with Gasteiger partial charge in [-0.15, -0.1) is 11.3 Å². The van der Waals surface area contributed by atoms with Crippen LogP contribution in [0, 0.1) is 0 Å². The first-order valence-corrected chi connectivity index (χ1v) is 8.04. The Morgan fingerprint density at radius 1 is 1.25 bits per heavy atom. The van der Waals surface area contributed by atoms with Crippen LogP contribution in [0.25, 0.3) is 0 Å². The third-order valence-corrected chi connectivity index (χ3v) is 4.83. The number of nitrogens with two attached hydrogens (primary N) is 1. The Morgan fingerprint density at radius 3 is 2.75 bits per heavy atom. The van der Waals surface area contributed by atoms with Crippen LogP contribution in [-0.4, -0.2) is 31.1 Å². The molecule has 20 heavy (non-hydrogen) atoms. The number of thiophene rings is 1. The average Bonchev–Trinajstić information content (AvgIpc) is 2.98. The quantitative estimate of drug-likeness (QED) is 0.857. The van der Waals surface area contributed by atoms with Gasteiger partial charge in [-0.1, -0.05) is 17.7 Å². The molecule has 1 fully saturated rings. The van der Waals surface area contributed by atoms with Gasteiger partial charge < -0.3 is 11.1 Å². The van der Waals surface area contributed by atoms with E-state index in [9.17, 15) is 0 Å². The third-order valence-electron chi connectivity index (χ3n) is 3.67. The molecule has 0 bridgehead atoms. The maximum Gasteiger partial charge on any atom is 0.0717 e. The highest BCUT2D eigenvalue weighted by Gasteiger charge is 2.26. The van der Waals surface area contributed by atoms with Crippen LogP contribution < -0.4 is 11.1 Å². The molecule has 3 N–H and O–H groups in total. The lowest BCUT2D eigenvalue weighted by Gasteiger charge is -2.35. The molecule has 1 aliphatic rings.